The Kier molecular flexibility index (Phi) is 6.70. The summed E-state index contributed by atoms with van der Waals surface area (Å²) in [5.41, 5.74) is 1.26. The highest BCUT2D eigenvalue weighted by molar-refractivity contribution is 7.13. The maximum absolute atomic E-state index is 13.0. The molecule has 2 aliphatic rings. The zero-order valence-electron chi connectivity index (χ0n) is 19.7. The minimum absolute atomic E-state index is 0.0613. The van der Waals surface area contributed by atoms with E-state index in [4.69, 9.17) is 4.42 Å². The van der Waals surface area contributed by atoms with Gasteiger partial charge in [0.05, 0.1) is 22.0 Å². The fourth-order valence-electron chi connectivity index (χ4n) is 4.61. The number of rotatable bonds is 4. The number of nitrogens with zero attached hydrogens (tertiary/aromatic N) is 5. The standard InChI is InChI=1S/C24H27N5O4S2/c1-15-20(35-16(2)25-15)24(32)27-7-5-17(6-8-27)21-26-18(14-34-21)22(30)28-9-11-29(12-10-28)23(31)19-4-3-13-33-19/h3-4,13-14,17H,5-12H2,1-2H3. The van der Waals surface area contributed by atoms with Gasteiger partial charge in [0.1, 0.15) is 10.6 Å². The summed E-state index contributed by atoms with van der Waals surface area (Å²) in [6.45, 7) is 7.02. The third kappa shape index (κ3) is 4.87. The summed E-state index contributed by atoms with van der Waals surface area (Å²) in [5, 5.41) is 3.70. The van der Waals surface area contributed by atoms with Crippen LogP contribution >= 0.6 is 22.7 Å². The van der Waals surface area contributed by atoms with Crippen molar-refractivity contribution < 1.29 is 18.8 Å². The Morgan fingerprint density at radius 2 is 1.57 bits per heavy atom. The zero-order valence-corrected chi connectivity index (χ0v) is 21.4. The first-order valence-corrected chi connectivity index (χ1v) is 13.4. The van der Waals surface area contributed by atoms with Crippen LogP contribution in [-0.4, -0.2) is 81.7 Å². The molecule has 5 rings (SSSR count). The van der Waals surface area contributed by atoms with Crippen molar-refractivity contribution in [3.63, 3.8) is 0 Å². The number of furan rings is 1. The van der Waals surface area contributed by atoms with Crippen LogP contribution in [-0.2, 0) is 0 Å². The Morgan fingerprint density at radius 3 is 2.17 bits per heavy atom. The monoisotopic (exact) mass is 513 g/mol. The van der Waals surface area contributed by atoms with Crippen LogP contribution in [0.2, 0.25) is 0 Å². The third-order valence-corrected chi connectivity index (χ3v) is 8.62. The molecule has 0 N–H and O–H groups in total. The van der Waals surface area contributed by atoms with Gasteiger partial charge in [-0.1, -0.05) is 0 Å². The van der Waals surface area contributed by atoms with Gasteiger partial charge < -0.3 is 19.1 Å². The second-order valence-electron chi connectivity index (χ2n) is 8.85. The molecule has 0 bridgehead atoms. The summed E-state index contributed by atoms with van der Waals surface area (Å²) in [6.07, 6.45) is 3.14. The minimum Gasteiger partial charge on any atom is -0.459 e. The van der Waals surface area contributed by atoms with Crippen molar-refractivity contribution in [3.05, 3.63) is 55.8 Å². The highest BCUT2D eigenvalue weighted by atomic mass is 32.1. The van der Waals surface area contributed by atoms with Crippen LogP contribution in [0.1, 0.15) is 65.2 Å². The van der Waals surface area contributed by atoms with Gasteiger partial charge in [-0.2, -0.15) is 0 Å². The minimum atomic E-state index is -0.150. The second kappa shape index (κ2) is 9.90. The lowest BCUT2D eigenvalue weighted by Crippen LogP contribution is -2.50. The van der Waals surface area contributed by atoms with Crippen molar-refractivity contribution in [2.24, 2.45) is 0 Å². The Morgan fingerprint density at radius 1 is 0.914 bits per heavy atom. The Labute approximate surface area is 211 Å². The Bertz CT molecular complexity index is 1220. The molecule has 0 spiro atoms. The summed E-state index contributed by atoms with van der Waals surface area (Å²) < 4.78 is 5.20. The zero-order chi connectivity index (χ0) is 24.5. The van der Waals surface area contributed by atoms with Gasteiger partial charge in [0.2, 0.25) is 0 Å². The smallest absolute Gasteiger partial charge is 0.289 e. The van der Waals surface area contributed by atoms with E-state index in [9.17, 15) is 14.4 Å². The summed E-state index contributed by atoms with van der Waals surface area (Å²) in [5.74, 6) is 0.382. The van der Waals surface area contributed by atoms with Crippen LogP contribution < -0.4 is 0 Å². The largest absolute Gasteiger partial charge is 0.459 e. The molecule has 2 saturated heterocycles. The number of piperazine rings is 1. The molecule has 3 aromatic rings. The molecule has 0 saturated carbocycles. The second-order valence-corrected chi connectivity index (χ2v) is 10.9. The first-order chi connectivity index (χ1) is 16.9. The number of hydrogen-bond acceptors (Lipinski definition) is 8. The molecule has 3 amide bonds. The molecular formula is C24H27N5O4S2. The molecule has 5 heterocycles. The predicted molar refractivity (Wildman–Crippen MR) is 132 cm³/mol. The number of carbonyl (C=O) groups is 3. The van der Waals surface area contributed by atoms with Crippen molar-refractivity contribution in [1.29, 1.82) is 0 Å². The summed E-state index contributed by atoms with van der Waals surface area (Å²) >= 11 is 2.97. The lowest BCUT2D eigenvalue weighted by atomic mass is 9.97. The summed E-state index contributed by atoms with van der Waals surface area (Å²) in [4.78, 5) is 53.5. The van der Waals surface area contributed by atoms with Gasteiger partial charge in [-0.3, -0.25) is 14.4 Å². The Balaban J connectivity index is 1.14. The maximum atomic E-state index is 13.0. The number of carbonyl (C=O) groups excluding carboxylic acids is 3. The topological polar surface area (TPSA) is 99.9 Å². The lowest BCUT2D eigenvalue weighted by Gasteiger charge is -2.34. The number of likely N-dealkylation sites (tertiary alicyclic amines) is 1. The number of aromatic nitrogens is 2. The third-order valence-electron chi connectivity index (χ3n) is 6.56. The van der Waals surface area contributed by atoms with Crippen LogP contribution in [0.25, 0.3) is 0 Å². The molecule has 3 aromatic heterocycles. The molecule has 35 heavy (non-hydrogen) atoms. The number of thiazole rings is 2. The van der Waals surface area contributed by atoms with Crippen LogP contribution in [0, 0.1) is 13.8 Å². The van der Waals surface area contributed by atoms with Crippen molar-refractivity contribution >= 4 is 40.4 Å². The van der Waals surface area contributed by atoms with Gasteiger partial charge in [-0.15, -0.1) is 22.7 Å². The molecule has 0 unspecified atom stereocenters. The molecule has 2 aliphatic heterocycles. The van der Waals surface area contributed by atoms with E-state index in [0.717, 1.165) is 33.4 Å². The van der Waals surface area contributed by atoms with Crippen LogP contribution in [0.4, 0.5) is 0 Å². The molecule has 9 nitrogen and oxygen atoms in total. The molecule has 0 aromatic carbocycles. The van der Waals surface area contributed by atoms with Crippen LogP contribution in [0.15, 0.2) is 28.2 Å². The SMILES string of the molecule is Cc1nc(C)c(C(=O)N2CCC(c3nc(C(=O)N4CCN(C(=O)c5ccco5)CC4)cs3)CC2)s1. The van der Waals surface area contributed by atoms with E-state index >= 15 is 0 Å². The van der Waals surface area contributed by atoms with E-state index in [1.165, 1.54) is 28.9 Å². The highest BCUT2D eigenvalue weighted by Crippen LogP contribution is 2.32. The molecular weight excluding hydrogens is 486 g/mol. The first-order valence-electron chi connectivity index (χ1n) is 11.7. The van der Waals surface area contributed by atoms with Gasteiger partial charge >= 0.3 is 0 Å². The molecule has 11 heteroatoms. The predicted octanol–water partition coefficient (Wildman–Crippen LogP) is 3.43. The van der Waals surface area contributed by atoms with Crippen molar-refractivity contribution in [2.75, 3.05) is 39.3 Å². The van der Waals surface area contributed by atoms with Crippen LogP contribution in [0.5, 0.6) is 0 Å². The molecule has 184 valence electrons. The van der Waals surface area contributed by atoms with E-state index < -0.39 is 0 Å². The van der Waals surface area contributed by atoms with E-state index in [2.05, 4.69) is 9.97 Å². The highest BCUT2D eigenvalue weighted by Gasteiger charge is 2.30. The first kappa shape index (κ1) is 23.7. The van der Waals surface area contributed by atoms with Gasteiger partial charge in [-0.05, 0) is 38.8 Å². The quantitative estimate of drug-likeness (QED) is 0.530. The normalized spacial score (nSPS) is 17.1. The average Bonchev–Trinajstić information content (AvgIpc) is 3.64. The van der Waals surface area contributed by atoms with Gasteiger partial charge in [-0.25, -0.2) is 9.97 Å². The van der Waals surface area contributed by atoms with E-state index in [1.54, 1.807) is 21.9 Å². The van der Waals surface area contributed by atoms with E-state index in [0.29, 0.717) is 50.7 Å². The maximum Gasteiger partial charge on any atom is 0.289 e. The molecule has 2 fully saturated rings. The van der Waals surface area contributed by atoms with Crippen molar-refractivity contribution in [1.82, 2.24) is 24.7 Å². The van der Waals surface area contributed by atoms with Gasteiger partial charge in [0.25, 0.3) is 17.7 Å². The van der Waals surface area contributed by atoms with Gasteiger partial charge in [0.15, 0.2) is 5.76 Å². The number of amides is 3. The molecule has 0 radical (unpaired) electrons. The van der Waals surface area contributed by atoms with E-state index in [1.807, 2.05) is 24.1 Å². The fourth-order valence-corrected chi connectivity index (χ4v) is 6.46. The van der Waals surface area contributed by atoms with Gasteiger partial charge in [0, 0.05) is 50.6 Å². The Hall–Kier alpha value is -3.05. The average molecular weight is 514 g/mol. The molecule has 0 atom stereocenters. The number of piperidine rings is 1. The van der Waals surface area contributed by atoms with E-state index in [-0.39, 0.29) is 23.6 Å². The summed E-state index contributed by atoms with van der Waals surface area (Å²) in [7, 11) is 0. The van der Waals surface area contributed by atoms with Crippen molar-refractivity contribution in [2.45, 2.75) is 32.6 Å². The fraction of sp³-hybridized carbons (Fsp3) is 0.458. The number of hydrogen-bond donors (Lipinski definition) is 0. The lowest BCUT2D eigenvalue weighted by molar-refractivity contribution is 0.0515. The molecule has 0 aliphatic carbocycles. The summed E-state index contributed by atoms with van der Waals surface area (Å²) in [6, 6.07) is 3.34. The number of aryl methyl sites for hydroxylation is 2. The van der Waals surface area contributed by atoms with Crippen LogP contribution in [0.3, 0.4) is 0 Å². The van der Waals surface area contributed by atoms with Crippen molar-refractivity contribution in [3.8, 4) is 0 Å².